The average molecular weight is 218 g/mol. The summed E-state index contributed by atoms with van der Waals surface area (Å²) in [5.41, 5.74) is 8.62. The lowest BCUT2D eigenvalue weighted by Gasteiger charge is -2.35. The Morgan fingerprint density at radius 1 is 1.38 bits per heavy atom. The Hall–Kier alpha value is -0.860. The quantitative estimate of drug-likeness (QED) is 0.811. The van der Waals surface area contributed by atoms with Crippen LogP contribution in [0.25, 0.3) is 0 Å². The predicted molar refractivity (Wildman–Crippen MR) is 68.5 cm³/mol. The first-order valence-corrected chi connectivity index (χ1v) is 6.21. The third kappa shape index (κ3) is 2.83. The van der Waals surface area contributed by atoms with Crippen LogP contribution in [0.15, 0.2) is 24.3 Å². The second kappa shape index (κ2) is 4.98. The number of nitrogens with one attached hydrogen (secondary N) is 1. The first kappa shape index (κ1) is 11.6. The van der Waals surface area contributed by atoms with Gasteiger partial charge < -0.3 is 11.1 Å². The van der Waals surface area contributed by atoms with Crippen LogP contribution in [0, 0.1) is 6.92 Å². The maximum Gasteiger partial charge on any atom is 0.00991 e. The minimum absolute atomic E-state index is 0.433. The van der Waals surface area contributed by atoms with E-state index in [9.17, 15) is 0 Å². The summed E-state index contributed by atoms with van der Waals surface area (Å²) in [6.07, 6.45) is 3.38. The zero-order chi connectivity index (χ0) is 11.5. The molecule has 88 valence electrons. The summed E-state index contributed by atoms with van der Waals surface area (Å²) in [7, 11) is 0. The molecule has 1 unspecified atom stereocenters. The Kier molecular flexibility index (Phi) is 3.62. The van der Waals surface area contributed by atoms with E-state index in [0.717, 1.165) is 19.3 Å². The van der Waals surface area contributed by atoms with Crippen molar-refractivity contribution in [3.05, 3.63) is 35.4 Å². The summed E-state index contributed by atoms with van der Waals surface area (Å²) < 4.78 is 0. The maximum absolute atomic E-state index is 5.78. The van der Waals surface area contributed by atoms with E-state index in [4.69, 9.17) is 5.73 Å². The molecule has 0 aromatic heterocycles. The first-order valence-electron chi connectivity index (χ1n) is 6.21. The molecule has 2 heteroatoms. The molecule has 0 saturated heterocycles. The molecule has 0 heterocycles. The van der Waals surface area contributed by atoms with E-state index < -0.39 is 0 Å². The molecule has 1 aromatic carbocycles. The highest BCUT2D eigenvalue weighted by atomic mass is 15.0. The van der Waals surface area contributed by atoms with Gasteiger partial charge in [0.2, 0.25) is 0 Å². The SMILES string of the molecule is Cc1ccccc1CC(C)NC1CC(N)C1. The fraction of sp³-hybridized carbons (Fsp3) is 0.571. The summed E-state index contributed by atoms with van der Waals surface area (Å²) in [4.78, 5) is 0. The molecule has 1 aliphatic rings. The van der Waals surface area contributed by atoms with Gasteiger partial charge in [-0.25, -0.2) is 0 Å². The van der Waals surface area contributed by atoms with Crippen molar-refractivity contribution in [3.8, 4) is 0 Å². The van der Waals surface area contributed by atoms with Crippen LogP contribution in [-0.2, 0) is 6.42 Å². The summed E-state index contributed by atoms with van der Waals surface area (Å²) in [5.74, 6) is 0. The molecule has 0 bridgehead atoms. The number of hydrogen-bond acceptors (Lipinski definition) is 2. The number of nitrogens with two attached hydrogens (primary N) is 1. The first-order chi connectivity index (χ1) is 7.65. The van der Waals surface area contributed by atoms with Gasteiger partial charge >= 0.3 is 0 Å². The van der Waals surface area contributed by atoms with E-state index in [-0.39, 0.29) is 0 Å². The van der Waals surface area contributed by atoms with Crippen molar-refractivity contribution >= 4 is 0 Å². The van der Waals surface area contributed by atoms with Crippen LogP contribution >= 0.6 is 0 Å². The predicted octanol–water partition coefficient (Wildman–Crippen LogP) is 2.01. The second-order valence-electron chi connectivity index (χ2n) is 5.13. The van der Waals surface area contributed by atoms with Gasteiger partial charge in [0.15, 0.2) is 0 Å². The van der Waals surface area contributed by atoms with Crippen LogP contribution in [0.2, 0.25) is 0 Å². The molecule has 1 atom stereocenters. The number of aryl methyl sites for hydroxylation is 1. The third-order valence-electron chi connectivity index (χ3n) is 3.48. The van der Waals surface area contributed by atoms with E-state index in [1.54, 1.807) is 0 Å². The number of rotatable bonds is 4. The number of hydrogen-bond donors (Lipinski definition) is 2. The molecular weight excluding hydrogens is 196 g/mol. The van der Waals surface area contributed by atoms with Gasteiger partial charge in [-0.1, -0.05) is 24.3 Å². The molecular formula is C14H22N2. The minimum Gasteiger partial charge on any atom is -0.328 e. The molecule has 1 aliphatic carbocycles. The van der Waals surface area contributed by atoms with Crippen molar-refractivity contribution in [1.82, 2.24) is 5.32 Å². The Balaban J connectivity index is 1.83. The molecule has 1 fully saturated rings. The molecule has 1 saturated carbocycles. The van der Waals surface area contributed by atoms with E-state index in [2.05, 4.69) is 43.4 Å². The largest absolute Gasteiger partial charge is 0.328 e. The summed E-state index contributed by atoms with van der Waals surface area (Å²) in [5, 5.41) is 3.64. The van der Waals surface area contributed by atoms with Crippen LogP contribution in [0.5, 0.6) is 0 Å². The van der Waals surface area contributed by atoms with E-state index in [1.807, 2.05) is 0 Å². The standard InChI is InChI=1S/C14H22N2/c1-10-5-3-4-6-12(10)7-11(2)16-14-8-13(15)9-14/h3-6,11,13-14,16H,7-9,15H2,1-2H3. The Morgan fingerprint density at radius 2 is 2.06 bits per heavy atom. The third-order valence-corrected chi connectivity index (χ3v) is 3.48. The van der Waals surface area contributed by atoms with Crippen LogP contribution in [0.4, 0.5) is 0 Å². The zero-order valence-corrected chi connectivity index (χ0v) is 10.2. The Labute approximate surface area is 98.2 Å². The van der Waals surface area contributed by atoms with Gasteiger partial charge in [-0.15, -0.1) is 0 Å². The normalized spacial score (nSPS) is 26.2. The fourth-order valence-corrected chi connectivity index (χ4v) is 2.43. The Bertz CT molecular complexity index is 342. The highest BCUT2D eigenvalue weighted by molar-refractivity contribution is 5.26. The molecule has 2 rings (SSSR count). The molecule has 0 aliphatic heterocycles. The van der Waals surface area contributed by atoms with E-state index in [0.29, 0.717) is 18.1 Å². The van der Waals surface area contributed by atoms with Crippen LogP contribution in [0.3, 0.4) is 0 Å². The van der Waals surface area contributed by atoms with E-state index in [1.165, 1.54) is 11.1 Å². The minimum atomic E-state index is 0.433. The lowest BCUT2D eigenvalue weighted by molar-refractivity contribution is 0.270. The molecule has 0 spiro atoms. The van der Waals surface area contributed by atoms with Gasteiger partial charge in [-0.3, -0.25) is 0 Å². The van der Waals surface area contributed by atoms with Gasteiger partial charge in [0.05, 0.1) is 0 Å². The summed E-state index contributed by atoms with van der Waals surface area (Å²) >= 11 is 0. The molecule has 0 amide bonds. The maximum atomic E-state index is 5.78. The van der Waals surface area contributed by atoms with Gasteiger partial charge in [0.25, 0.3) is 0 Å². The topological polar surface area (TPSA) is 38.0 Å². The van der Waals surface area contributed by atoms with E-state index >= 15 is 0 Å². The van der Waals surface area contributed by atoms with Gasteiger partial charge in [0.1, 0.15) is 0 Å². The van der Waals surface area contributed by atoms with Crippen molar-refractivity contribution in [2.75, 3.05) is 0 Å². The monoisotopic (exact) mass is 218 g/mol. The zero-order valence-electron chi connectivity index (χ0n) is 10.2. The van der Waals surface area contributed by atoms with Gasteiger partial charge in [-0.2, -0.15) is 0 Å². The summed E-state index contributed by atoms with van der Waals surface area (Å²) in [6.45, 7) is 4.44. The molecule has 3 N–H and O–H groups in total. The lowest BCUT2D eigenvalue weighted by atomic mass is 9.86. The van der Waals surface area contributed by atoms with Crippen LogP contribution < -0.4 is 11.1 Å². The van der Waals surface area contributed by atoms with Crippen molar-refractivity contribution in [1.29, 1.82) is 0 Å². The van der Waals surface area contributed by atoms with Crippen molar-refractivity contribution < 1.29 is 0 Å². The smallest absolute Gasteiger partial charge is 0.00991 e. The molecule has 2 nitrogen and oxygen atoms in total. The highest BCUT2D eigenvalue weighted by Crippen LogP contribution is 2.19. The lowest BCUT2D eigenvalue weighted by Crippen LogP contribution is -2.51. The Morgan fingerprint density at radius 3 is 2.69 bits per heavy atom. The van der Waals surface area contributed by atoms with Gasteiger partial charge in [-0.05, 0) is 44.2 Å². The van der Waals surface area contributed by atoms with Crippen molar-refractivity contribution in [3.63, 3.8) is 0 Å². The van der Waals surface area contributed by atoms with Crippen LogP contribution in [0.1, 0.15) is 30.9 Å². The number of benzene rings is 1. The fourth-order valence-electron chi connectivity index (χ4n) is 2.43. The highest BCUT2D eigenvalue weighted by Gasteiger charge is 2.26. The molecule has 0 radical (unpaired) electrons. The second-order valence-corrected chi connectivity index (χ2v) is 5.13. The molecule has 1 aromatic rings. The summed E-state index contributed by atoms with van der Waals surface area (Å²) in [6, 6.07) is 10.2. The molecule has 16 heavy (non-hydrogen) atoms. The van der Waals surface area contributed by atoms with Gasteiger partial charge in [0, 0.05) is 18.1 Å². The van der Waals surface area contributed by atoms with Crippen molar-refractivity contribution in [2.24, 2.45) is 5.73 Å². The van der Waals surface area contributed by atoms with Crippen molar-refractivity contribution in [2.45, 2.75) is 51.2 Å². The van der Waals surface area contributed by atoms with Crippen LogP contribution in [-0.4, -0.2) is 18.1 Å². The average Bonchev–Trinajstić information content (AvgIpc) is 2.19.